The number of aromatic amines is 1. The van der Waals surface area contributed by atoms with Gasteiger partial charge in [0.1, 0.15) is 5.75 Å². The van der Waals surface area contributed by atoms with E-state index < -0.39 is 0 Å². The lowest BCUT2D eigenvalue weighted by molar-refractivity contribution is 0.419. The number of para-hydroxylation sites is 2. The molecule has 23 heavy (non-hydrogen) atoms. The van der Waals surface area contributed by atoms with Gasteiger partial charge in [-0.15, -0.1) is 0 Å². The monoisotopic (exact) mass is 306 g/mol. The van der Waals surface area contributed by atoms with Gasteiger partial charge in [-0.05, 0) is 31.0 Å². The van der Waals surface area contributed by atoms with Crippen molar-refractivity contribution in [2.75, 3.05) is 18.6 Å². The Bertz CT molecular complexity index is 959. The molecule has 0 bridgehead atoms. The van der Waals surface area contributed by atoms with E-state index >= 15 is 0 Å². The predicted molar refractivity (Wildman–Crippen MR) is 93.0 cm³/mol. The van der Waals surface area contributed by atoms with E-state index in [1.165, 1.54) is 5.56 Å². The Morgan fingerprint density at radius 1 is 1.13 bits per heavy atom. The number of aryl methyl sites for hydroxylation is 1. The lowest BCUT2D eigenvalue weighted by atomic mass is 10.1. The van der Waals surface area contributed by atoms with E-state index in [1.54, 1.807) is 7.11 Å². The number of H-pyrrole nitrogens is 1. The average molecular weight is 306 g/mol. The molecule has 1 aliphatic heterocycles. The second kappa shape index (κ2) is 5.16. The van der Waals surface area contributed by atoms with Crippen LogP contribution < -0.4 is 15.2 Å². The van der Waals surface area contributed by atoms with E-state index in [2.05, 4.69) is 28.9 Å². The van der Waals surface area contributed by atoms with Gasteiger partial charge in [0.15, 0.2) is 0 Å². The van der Waals surface area contributed by atoms with Crippen LogP contribution >= 0.6 is 0 Å². The minimum absolute atomic E-state index is 0.0203. The molecule has 4 heteroatoms. The van der Waals surface area contributed by atoms with Crippen molar-refractivity contribution in [1.29, 1.82) is 0 Å². The topological polar surface area (TPSA) is 45.3 Å². The van der Waals surface area contributed by atoms with Crippen molar-refractivity contribution in [2.24, 2.45) is 0 Å². The fraction of sp³-hybridized carbons (Fsp3) is 0.211. The van der Waals surface area contributed by atoms with Crippen molar-refractivity contribution < 1.29 is 4.74 Å². The summed E-state index contributed by atoms with van der Waals surface area (Å²) in [5.74, 6) is 0.694. The minimum Gasteiger partial charge on any atom is -0.495 e. The van der Waals surface area contributed by atoms with E-state index in [9.17, 15) is 4.79 Å². The van der Waals surface area contributed by atoms with Gasteiger partial charge in [0.2, 0.25) is 0 Å². The number of rotatable bonds is 2. The largest absolute Gasteiger partial charge is 0.495 e. The molecule has 4 nitrogen and oxygen atoms in total. The average Bonchev–Trinajstić information content (AvgIpc) is 3.01. The smallest absolute Gasteiger partial charge is 0.253 e. The highest BCUT2D eigenvalue weighted by Crippen LogP contribution is 2.40. The molecule has 0 saturated carbocycles. The first-order valence-corrected chi connectivity index (χ1v) is 7.75. The standard InChI is InChI=1S/C19H18N2O2/c1-12-6-3-4-8-15(12)21-11-10-14-18(21)13-7-5-9-16(23-2)17(13)20-19(14)22/h3-9H,10-11H2,1-2H3,(H,20,22). The molecule has 0 radical (unpaired) electrons. The summed E-state index contributed by atoms with van der Waals surface area (Å²) in [6.07, 6.45) is 0.756. The van der Waals surface area contributed by atoms with Crippen LogP contribution in [0.4, 0.5) is 11.4 Å². The minimum atomic E-state index is -0.0203. The Labute approximate surface area is 134 Å². The molecule has 0 unspecified atom stereocenters. The third-order valence-corrected chi connectivity index (χ3v) is 4.56. The zero-order valence-electron chi connectivity index (χ0n) is 13.2. The summed E-state index contributed by atoms with van der Waals surface area (Å²) in [5, 5.41) is 1.03. The maximum atomic E-state index is 12.5. The number of benzene rings is 2. The first kappa shape index (κ1) is 13.9. The van der Waals surface area contributed by atoms with Crippen LogP contribution in [0.1, 0.15) is 11.1 Å². The maximum Gasteiger partial charge on any atom is 0.253 e. The summed E-state index contributed by atoms with van der Waals surface area (Å²) in [6, 6.07) is 14.2. The van der Waals surface area contributed by atoms with Crippen LogP contribution in [0, 0.1) is 6.92 Å². The highest BCUT2D eigenvalue weighted by molar-refractivity contribution is 5.99. The molecule has 0 fully saturated rings. The Kier molecular flexibility index (Phi) is 3.11. The van der Waals surface area contributed by atoms with E-state index in [-0.39, 0.29) is 5.56 Å². The number of nitrogens with one attached hydrogen (secondary N) is 1. The van der Waals surface area contributed by atoms with Crippen LogP contribution in [-0.2, 0) is 6.42 Å². The molecule has 3 aromatic rings. The quantitative estimate of drug-likeness (QED) is 0.787. The number of hydrogen-bond acceptors (Lipinski definition) is 3. The summed E-state index contributed by atoms with van der Waals surface area (Å²) >= 11 is 0. The number of nitrogens with zero attached hydrogens (tertiary/aromatic N) is 1. The zero-order valence-corrected chi connectivity index (χ0v) is 13.2. The van der Waals surface area contributed by atoms with Gasteiger partial charge in [0, 0.05) is 23.2 Å². The van der Waals surface area contributed by atoms with Crippen molar-refractivity contribution >= 4 is 22.3 Å². The molecule has 4 rings (SSSR count). The van der Waals surface area contributed by atoms with E-state index in [4.69, 9.17) is 4.74 Å². The van der Waals surface area contributed by atoms with Crippen molar-refractivity contribution in [3.8, 4) is 5.75 Å². The number of anilines is 2. The lowest BCUT2D eigenvalue weighted by Crippen LogP contribution is -2.16. The van der Waals surface area contributed by atoms with Gasteiger partial charge in [-0.1, -0.05) is 30.3 Å². The van der Waals surface area contributed by atoms with Gasteiger partial charge < -0.3 is 14.6 Å². The van der Waals surface area contributed by atoms with Crippen LogP contribution in [0.5, 0.6) is 5.75 Å². The fourth-order valence-electron chi connectivity index (χ4n) is 3.47. The third-order valence-electron chi connectivity index (χ3n) is 4.56. The first-order valence-electron chi connectivity index (χ1n) is 7.75. The van der Waals surface area contributed by atoms with Crippen LogP contribution in [0.2, 0.25) is 0 Å². The highest BCUT2D eigenvalue weighted by Gasteiger charge is 2.27. The van der Waals surface area contributed by atoms with Crippen LogP contribution in [0.3, 0.4) is 0 Å². The lowest BCUT2D eigenvalue weighted by Gasteiger charge is -2.23. The van der Waals surface area contributed by atoms with E-state index in [0.717, 1.165) is 40.8 Å². The van der Waals surface area contributed by atoms with Gasteiger partial charge in [-0.3, -0.25) is 4.79 Å². The number of aromatic nitrogens is 1. The maximum absolute atomic E-state index is 12.5. The molecular formula is C19H18N2O2. The van der Waals surface area contributed by atoms with Crippen molar-refractivity contribution in [3.63, 3.8) is 0 Å². The summed E-state index contributed by atoms with van der Waals surface area (Å²) < 4.78 is 5.42. The van der Waals surface area contributed by atoms with Gasteiger partial charge >= 0.3 is 0 Å². The molecule has 2 aromatic carbocycles. The SMILES string of the molecule is COc1cccc2c3c(c(=O)[nH]c12)CCN3c1ccccc1C. The molecule has 1 aliphatic rings. The molecule has 2 heterocycles. The second-order valence-corrected chi connectivity index (χ2v) is 5.85. The summed E-state index contributed by atoms with van der Waals surface area (Å²) in [7, 11) is 1.62. The number of fused-ring (bicyclic) bond motifs is 3. The summed E-state index contributed by atoms with van der Waals surface area (Å²) in [6.45, 7) is 2.92. The molecule has 1 aromatic heterocycles. The number of ether oxygens (including phenoxy) is 1. The molecule has 0 amide bonds. The molecule has 0 saturated heterocycles. The van der Waals surface area contributed by atoms with Gasteiger partial charge in [-0.25, -0.2) is 0 Å². The molecule has 116 valence electrons. The third kappa shape index (κ3) is 2.02. The fourth-order valence-corrected chi connectivity index (χ4v) is 3.47. The van der Waals surface area contributed by atoms with Crippen molar-refractivity contribution in [2.45, 2.75) is 13.3 Å². The summed E-state index contributed by atoms with van der Waals surface area (Å²) in [5.41, 5.74) is 4.97. The second-order valence-electron chi connectivity index (χ2n) is 5.85. The van der Waals surface area contributed by atoms with Gasteiger partial charge in [0.05, 0.1) is 18.3 Å². The molecule has 0 aliphatic carbocycles. The van der Waals surface area contributed by atoms with Crippen LogP contribution in [0.25, 0.3) is 10.9 Å². The van der Waals surface area contributed by atoms with E-state index in [1.807, 2.05) is 30.3 Å². The molecule has 0 spiro atoms. The molecular weight excluding hydrogens is 288 g/mol. The van der Waals surface area contributed by atoms with Crippen LogP contribution in [-0.4, -0.2) is 18.6 Å². The molecule has 1 N–H and O–H groups in total. The van der Waals surface area contributed by atoms with Crippen molar-refractivity contribution in [1.82, 2.24) is 4.98 Å². The zero-order chi connectivity index (χ0) is 16.0. The number of pyridine rings is 1. The van der Waals surface area contributed by atoms with Gasteiger partial charge in [0.25, 0.3) is 5.56 Å². The Balaban J connectivity index is 2.04. The van der Waals surface area contributed by atoms with Crippen LogP contribution in [0.15, 0.2) is 47.3 Å². The Morgan fingerprint density at radius 3 is 2.74 bits per heavy atom. The Hall–Kier alpha value is -2.75. The highest BCUT2D eigenvalue weighted by atomic mass is 16.5. The Morgan fingerprint density at radius 2 is 1.96 bits per heavy atom. The van der Waals surface area contributed by atoms with E-state index in [0.29, 0.717) is 5.75 Å². The predicted octanol–water partition coefficient (Wildman–Crippen LogP) is 3.54. The first-order chi connectivity index (χ1) is 11.2. The normalized spacial score (nSPS) is 13.4. The molecule has 0 atom stereocenters. The number of hydrogen-bond donors (Lipinski definition) is 1. The summed E-state index contributed by atoms with van der Waals surface area (Å²) in [4.78, 5) is 17.8. The number of methoxy groups -OCH3 is 1. The van der Waals surface area contributed by atoms with Crippen molar-refractivity contribution in [3.05, 3.63) is 63.9 Å². The van der Waals surface area contributed by atoms with Gasteiger partial charge in [-0.2, -0.15) is 0 Å².